The van der Waals surface area contributed by atoms with Crippen LogP contribution in [0.5, 0.6) is 0 Å². The third-order valence-electron chi connectivity index (χ3n) is 5.03. The fourth-order valence-electron chi connectivity index (χ4n) is 3.55. The maximum atomic E-state index is 12.0. The molecule has 1 N–H and O–H groups in total. The second-order valence-electron chi connectivity index (χ2n) is 6.58. The van der Waals surface area contributed by atoms with Crippen molar-refractivity contribution in [2.24, 2.45) is 17.8 Å². The summed E-state index contributed by atoms with van der Waals surface area (Å²) < 4.78 is 11.0. The van der Waals surface area contributed by atoms with E-state index < -0.39 is 0 Å². The van der Waals surface area contributed by atoms with Gasteiger partial charge >= 0.3 is 5.97 Å². The first-order valence-corrected chi connectivity index (χ1v) is 7.63. The van der Waals surface area contributed by atoms with Crippen LogP contribution < -0.4 is 0 Å². The fourth-order valence-corrected chi connectivity index (χ4v) is 3.55. The van der Waals surface area contributed by atoms with Gasteiger partial charge in [-0.3, -0.25) is 4.79 Å². The zero-order valence-corrected chi connectivity index (χ0v) is 11.6. The molecule has 0 spiro atoms. The van der Waals surface area contributed by atoms with Gasteiger partial charge in [-0.05, 0) is 50.4 Å². The van der Waals surface area contributed by atoms with E-state index in [1.165, 1.54) is 0 Å². The van der Waals surface area contributed by atoms with Gasteiger partial charge < -0.3 is 14.6 Å². The Hall–Kier alpha value is -0.610. The number of ether oxygens (including phenoxy) is 2. The highest BCUT2D eigenvalue weighted by Crippen LogP contribution is 2.39. The Labute approximate surface area is 114 Å². The number of carbonyl (C=O) groups is 1. The predicted octanol–water partition coefficient (Wildman–Crippen LogP) is 1.89. The third-order valence-corrected chi connectivity index (χ3v) is 5.03. The summed E-state index contributed by atoms with van der Waals surface area (Å²) in [5.41, 5.74) is 0. The Balaban J connectivity index is 1.41. The molecule has 3 fully saturated rings. The van der Waals surface area contributed by atoms with Gasteiger partial charge in [0.05, 0.1) is 30.8 Å². The number of aliphatic hydroxyl groups excluding tert-OH is 1. The molecule has 19 heavy (non-hydrogen) atoms. The summed E-state index contributed by atoms with van der Waals surface area (Å²) in [6.45, 7) is 2.56. The molecule has 0 aromatic carbocycles. The first kappa shape index (κ1) is 13.4. The van der Waals surface area contributed by atoms with Crippen molar-refractivity contribution in [1.82, 2.24) is 0 Å². The number of epoxide rings is 1. The Morgan fingerprint density at radius 1 is 1.21 bits per heavy atom. The van der Waals surface area contributed by atoms with Crippen LogP contribution in [-0.4, -0.2) is 36.0 Å². The molecule has 0 bridgehead atoms. The lowest BCUT2D eigenvalue weighted by Gasteiger charge is -2.30. The molecule has 4 heteroatoms. The van der Waals surface area contributed by atoms with Crippen LogP contribution in [0.1, 0.15) is 45.4 Å². The zero-order chi connectivity index (χ0) is 13.4. The Kier molecular flexibility index (Phi) is 3.81. The molecule has 2 saturated carbocycles. The largest absolute Gasteiger partial charge is 0.465 e. The van der Waals surface area contributed by atoms with E-state index in [1.54, 1.807) is 0 Å². The van der Waals surface area contributed by atoms with Crippen LogP contribution in [0.3, 0.4) is 0 Å². The van der Waals surface area contributed by atoms with E-state index in [2.05, 4.69) is 0 Å². The molecule has 2 aliphatic carbocycles. The molecule has 4 nitrogen and oxygen atoms in total. The van der Waals surface area contributed by atoms with Gasteiger partial charge in [-0.1, -0.05) is 6.92 Å². The molecular weight excluding hydrogens is 244 g/mol. The Morgan fingerprint density at radius 2 is 2.05 bits per heavy atom. The molecule has 0 amide bonds. The normalized spacial score (nSPS) is 45.4. The minimum Gasteiger partial charge on any atom is -0.465 e. The molecule has 1 saturated heterocycles. The van der Waals surface area contributed by atoms with Crippen LogP contribution in [0.2, 0.25) is 0 Å². The molecule has 1 aliphatic heterocycles. The number of fused-ring (bicyclic) bond motifs is 1. The number of esters is 1. The molecule has 6 atom stereocenters. The molecule has 1 heterocycles. The van der Waals surface area contributed by atoms with Crippen molar-refractivity contribution in [2.75, 3.05) is 6.61 Å². The number of aliphatic hydroxyl groups is 1. The molecular formula is C15H24O4. The van der Waals surface area contributed by atoms with Crippen LogP contribution in [-0.2, 0) is 14.3 Å². The molecule has 3 aliphatic rings. The van der Waals surface area contributed by atoms with Crippen LogP contribution in [0.15, 0.2) is 0 Å². The van der Waals surface area contributed by atoms with Gasteiger partial charge in [0.2, 0.25) is 0 Å². The lowest BCUT2D eigenvalue weighted by molar-refractivity contribution is -0.153. The van der Waals surface area contributed by atoms with E-state index in [4.69, 9.17) is 9.47 Å². The summed E-state index contributed by atoms with van der Waals surface area (Å²) in [5.74, 6) is 0.630. The van der Waals surface area contributed by atoms with Crippen molar-refractivity contribution in [1.29, 1.82) is 0 Å². The highest BCUT2D eigenvalue weighted by atomic mass is 16.6. The van der Waals surface area contributed by atoms with Crippen molar-refractivity contribution in [3.63, 3.8) is 0 Å². The fraction of sp³-hybridized carbons (Fsp3) is 0.933. The highest BCUT2D eigenvalue weighted by molar-refractivity contribution is 5.72. The number of hydrogen-bond acceptors (Lipinski definition) is 4. The van der Waals surface area contributed by atoms with Crippen molar-refractivity contribution in [3.05, 3.63) is 0 Å². The minimum atomic E-state index is -0.244. The van der Waals surface area contributed by atoms with E-state index in [-0.39, 0.29) is 23.9 Å². The van der Waals surface area contributed by atoms with E-state index >= 15 is 0 Å². The van der Waals surface area contributed by atoms with Gasteiger partial charge in [0.25, 0.3) is 0 Å². The van der Waals surface area contributed by atoms with Crippen molar-refractivity contribution >= 4 is 5.97 Å². The summed E-state index contributed by atoms with van der Waals surface area (Å²) in [7, 11) is 0. The first-order chi connectivity index (χ1) is 9.13. The van der Waals surface area contributed by atoms with Crippen LogP contribution >= 0.6 is 0 Å². The monoisotopic (exact) mass is 268 g/mol. The van der Waals surface area contributed by atoms with Crippen LogP contribution in [0.25, 0.3) is 0 Å². The van der Waals surface area contributed by atoms with Gasteiger partial charge in [0.15, 0.2) is 0 Å². The lowest BCUT2D eigenvalue weighted by Crippen LogP contribution is -2.32. The standard InChI is InChI=1S/C15H24O4/c1-9-6-11(3-4-12(9)16)15(17)18-8-10-2-5-13-14(7-10)19-13/h9-14,16H,2-8H2,1H3. The van der Waals surface area contributed by atoms with Gasteiger partial charge in [-0.15, -0.1) is 0 Å². The van der Waals surface area contributed by atoms with E-state index in [1.807, 2.05) is 6.92 Å². The van der Waals surface area contributed by atoms with Crippen molar-refractivity contribution in [2.45, 2.75) is 63.8 Å². The van der Waals surface area contributed by atoms with Crippen molar-refractivity contribution < 1.29 is 19.4 Å². The molecule has 0 aromatic heterocycles. The number of hydrogen-bond donors (Lipinski definition) is 1. The number of rotatable bonds is 3. The Bertz CT molecular complexity index is 343. The Morgan fingerprint density at radius 3 is 2.79 bits per heavy atom. The summed E-state index contributed by atoms with van der Waals surface area (Å²) in [6.07, 6.45) is 6.26. The average Bonchev–Trinajstić information content (AvgIpc) is 3.17. The maximum Gasteiger partial charge on any atom is 0.308 e. The van der Waals surface area contributed by atoms with Gasteiger partial charge in [-0.2, -0.15) is 0 Å². The van der Waals surface area contributed by atoms with E-state index in [0.717, 1.165) is 38.5 Å². The van der Waals surface area contributed by atoms with Gasteiger partial charge in [0.1, 0.15) is 0 Å². The minimum absolute atomic E-state index is 0.00749. The molecule has 0 radical (unpaired) electrons. The first-order valence-electron chi connectivity index (χ1n) is 7.63. The molecule has 6 unspecified atom stereocenters. The second kappa shape index (κ2) is 5.41. The van der Waals surface area contributed by atoms with Crippen LogP contribution in [0.4, 0.5) is 0 Å². The molecule has 3 rings (SSSR count). The van der Waals surface area contributed by atoms with Gasteiger partial charge in [0, 0.05) is 0 Å². The summed E-state index contributed by atoms with van der Waals surface area (Å²) in [5, 5.41) is 9.68. The average molecular weight is 268 g/mol. The lowest BCUT2D eigenvalue weighted by atomic mass is 9.80. The third kappa shape index (κ3) is 3.11. The van der Waals surface area contributed by atoms with Crippen LogP contribution in [0, 0.1) is 17.8 Å². The topological polar surface area (TPSA) is 59.1 Å². The molecule has 0 aromatic rings. The maximum absolute atomic E-state index is 12.0. The zero-order valence-electron chi connectivity index (χ0n) is 11.6. The van der Waals surface area contributed by atoms with Crippen molar-refractivity contribution in [3.8, 4) is 0 Å². The van der Waals surface area contributed by atoms with E-state index in [0.29, 0.717) is 24.7 Å². The number of carbonyl (C=O) groups excluding carboxylic acids is 1. The summed E-state index contributed by atoms with van der Waals surface area (Å²) in [4.78, 5) is 12.0. The van der Waals surface area contributed by atoms with E-state index in [9.17, 15) is 9.90 Å². The molecule has 108 valence electrons. The summed E-state index contributed by atoms with van der Waals surface area (Å²) in [6, 6.07) is 0. The smallest absolute Gasteiger partial charge is 0.308 e. The second-order valence-corrected chi connectivity index (χ2v) is 6.58. The summed E-state index contributed by atoms with van der Waals surface area (Å²) >= 11 is 0. The highest BCUT2D eigenvalue weighted by Gasteiger charge is 2.44. The SMILES string of the molecule is CC1CC(C(=O)OCC2CCC3OC3C2)CCC1O. The quantitative estimate of drug-likeness (QED) is 0.627. The predicted molar refractivity (Wildman–Crippen MR) is 69.5 cm³/mol. The van der Waals surface area contributed by atoms with Gasteiger partial charge in [-0.25, -0.2) is 0 Å².